The van der Waals surface area contributed by atoms with Crippen molar-refractivity contribution in [3.8, 4) is 0 Å². The van der Waals surface area contributed by atoms with Gasteiger partial charge in [-0.2, -0.15) is 0 Å². The molecule has 2 aromatic rings. The number of rotatable bonds is 6. The third-order valence-electron chi connectivity index (χ3n) is 7.89. The summed E-state index contributed by atoms with van der Waals surface area (Å²) in [5.41, 5.74) is 2.20. The van der Waals surface area contributed by atoms with Gasteiger partial charge in [0.15, 0.2) is 0 Å². The summed E-state index contributed by atoms with van der Waals surface area (Å²) in [5, 5.41) is 5.33. The van der Waals surface area contributed by atoms with Gasteiger partial charge in [-0.05, 0) is 48.6 Å². The zero-order chi connectivity index (χ0) is 25.0. The van der Waals surface area contributed by atoms with Crippen LogP contribution in [-0.4, -0.2) is 52.7 Å². The van der Waals surface area contributed by atoms with Crippen LogP contribution in [0, 0.1) is 5.41 Å². The molecule has 0 unspecified atom stereocenters. The molecular weight excluding hydrogens is 444 g/mol. The fourth-order valence-corrected chi connectivity index (χ4v) is 5.17. The molecule has 0 bridgehead atoms. The number of anilines is 1. The molecule has 5 rings (SSSR count). The predicted octanol–water partition coefficient (Wildman–Crippen LogP) is 3.03. The second kappa shape index (κ2) is 8.22. The molecule has 2 atom stereocenters. The van der Waals surface area contributed by atoms with E-state index < -0.39 is 17.0 Å². The van der Waals surface area contributed by atoms with E-state index in [0.29, 0.717) is 18.5 Å². The molecule has 5 amide bonds. The maximum absolute atomic E-state index is 13.3. The van der Waals surface area contributed by atoms with Crippen molar-refractivity contribution in [2.75, 3.05) is 18.9 Å². The van der Waals surface area contributed by atoms with Crippen LogP contribution in [0.2, 0.25) is 0 Å². The van der Waals surface area contributed by atoms with Gasteiger partial charge in [0.2, 0.25) is 11.8 Å². The first-order valence-electron chi connectivity index (χ1n) is 12.0. The molecule has 1 saturated heterocycles. The topological polar surface area (TPSA) is 98.8 Å². The summed E-state index contributed by atoms with van der Waals surface area (Å²) in [6.07, 6.45) is 2.51. The maximum Gasteiger partial charge on any atom is 0.324 e. The van der Waals surface area contributed by atoms with Crippen molar-refractivity contribution in [2.45, 2.75) is 51.1 Å². The van der Waals surface area contributed by atoms with Gasteiger partial charge in [-0.15, -0.1) is 0 Å². The number of nitrogens with zero attached hydrogens (tertiary/aromatic N) is 2. The highest BCUT2D eigenvalue weighted by atomic mass is 16.2. The van der Waals surface area contributed by atoms with Crippen LogP contribution in [0.5, 0.6) is 0 Å². The number of amides is 5. The van der Waals surface area contributed by atoms with Crippen LogP contribution in [0.3, 0.4) is 0 Å². The third kappa shape index (κ3) is 3.96. The van der Waals surface area contributed by atoms with Crippen molar-refractivity contribution in [2.24, 2.45) is 5.41 Å². The number of hydrogen-bond acceptors (Lipinski definition) is 4. The molecule has 182 valence electrons. The van der Waals surface area contributed by atoms with E-state index >= 15 is 0 Å². The van der Waals surface area contributed by atoms with Crippen LogP contribution in [0.15, 0.2) is 48.5 Å². The highest BCUT2D eigenvalue weighted by Gasteiger charge is 2.54. The van der Waals surface area contributed by atoms with E-state index in [0.717, 1.165) is 29.5 Å². The number of carbonyl (C=O) groups is 4. The Labute approximate surface area is 204 Å². The van der Waals surface area contributed by atoms with Gasteiger partial charge in [0.25, 0.3) is 5.91 Å². The highest BCUT2D eigenvalue weighted by Crippen LogP contribution is 2.47. The van der Waals surface area contributed by atoms with Crippen molar-refractivity contribution in [1.29, 1.82) is 0 Å². The Morgan fingerprint density at radius 3 is 2.40 bits per heavy atom. The van der Waals surface area contributed by atoms with Crippen molar-refractivity contribution >= 4 is 29.4 Å². The van der Waals surface area contributed by atoms with E-state index in [4.69, 9.17) is 0 Å². The van der Waals surface area contributed by atoms with Gasteiger partial charge in [-0.3, -0.25) is 19.7 Å². The Balaban J connectivity index is 1.32. The largest absolute Gasteiger partial charge is 0.326 e. The Morgan fingerprint density at radius 1 is 1.09 bits per heavy atom. The van der Waals surface area contributed by atoms with E-state index in [9.17, 15) is 19.2 Å². The fourth-order valence-electron chi connectivity index (χ4n) is 5.17. The minimum atomic E-state index is -0.907. The summed E-state index contributed by atoms with van der Waals surface area (Å²) in [6.45, 7) is 3.85. The van der Waals surface area contributed by atoms with Crippen LogP contribution in [0.1, 0.15) is 49.4 Å². The van der Waals surface area contributed by atoms with Crippen molar-refractivity contribution < 1.29 is 19.2 Å². The molecule has 1 heterocycles. The average molecular weight is 475 g/mol. The molecule has 2 aromatic carbocycles. The van der Waals surface area contributed by atoms with Crippen molar-refractivity contribution in [1.82, 2.24) is 15.1 Å². The number of imide groups is 1. The molecule has 1 spiro atoms. The Kier molecular flexibility index (Phi) is 5.42. The molecule has 0 aromatic heterocycles. The first-order valence-corrected chi connectivity index (χ1v) is 12.0. The highest BCUT2D eigenvalue weighted by molar-refractivity contribution is 6.07. The van der Waals surface area contributed by atoms with Gasteiger partial charge in [0, 0.05) is 31.0 Å². The van der Waals surface area contributed by atoms with Gasteiger partial charge in [-0.25, -0.2) is 4.79 Å². The molecule has 2 fully saturated rings. The van der Waals surface area contributed by atoms with Crippen molar-refractivity contribution in [3.63, 3.8) is 0 Å². The lowest BCUT2D eigenvalue weighted by Crippen LogP contribution is -2.48. The molecule has 8 heteroatoms. The van der Waals surface area contributed by atoms with Crippen LogP contribution >= 0.6 is 0 Å². The summed E-state index contributed by atoms with van der Waals surface area (Å²) in [4.78, 5) is 54.0. The number of likely N-dealkylation sites (N-methyl/N-ethyl adjacent to an activating group) is 1. The van der Waals surface area contributed by atoms with Crippen LogP contribution in [-0.2, 0) is 27.2 Å². The summed E-state index contributed by atoms with van der Waals surface area (Å²) >= 11 is 0. The molecule has 0 radical (unpaired) electrons. The minimum absolute atomic E-state index is 0.000140. The summed E-state index contributed by atoms with van der Waals surface area (Å²) < 4.78 is 0. The smallest absolute Gasteiger partial charge is 0.324 e. The number of benzene rings is 2. The molecule has 2 aliphatic carbocycles. The second-order valence-corrected chi connectivity index (χ2v) is 10.3. The zero-order valence-electron chi connectivity index (χ0n) is 20.3. The van der Waals surface area contributed by atoms with E-state index in [-0.39, 0.29) is 30.3 Å². The number of carbonyl (C=O) groups excluding carboxylic acids is 4. The number of urea groups is 1. The van der Waals surface area contributed by atoms with Gasteiger partial charge in [-0.1, -0.05) is 43.3 Å². The number of nitrogens with one attached hydrogen (secondary N) is 2. The lowest BCUT2D eigenvalue weighted by molar-refractivity contribution is -0.141. The third-order valence-corrected chi connectivity index (χ3v) is 7.89. The molecule has 1 saturated carbocycles. The van der Waals surface area contributed by atoms with Gasteiger partial charge < -0.3 is 15.1 Å². The Hall–Kier alpha value is -3.68. The van der Waals surface area contributed by atoms with Crippen molar-refractivity contribution in [3.05, 3.63) is 65.2 Å². The first kappa shape index (κ1) is 23.1. The fraction of sp³-hybridized carbons (Fsp3) is 0.407. The summed E-state index contributed by atoms with van der Waals surface area (Å²) in [7, 11) is 1.63. The predicted molar refractivity (Wildman–Crippen MR) is 130 cm³/mol. The van der Waals surface area contributed by atoms with E-state index in [1.165, 1.54) is 4.90 Å². The lowest BCUT2D eigenvalue weighted by atomic mass is 9.95. The van der Waals surface area contributed by atoms with E-state index in [1.54, 1.807) is 18.0 Å². The number of hydrogen-bond donors (Lipinski definition) is 2. The lowest BCUT2D eigenvalue weighted by Gasteiger charge is -2.31. The quantitative estimate of drug-likeness (QED) is 0.629. The molecule has 35 heavy (non-hydrogen) atoms. The molecule has 1 aliphatic heterocycles. The van der Waals surface area contributed by atoms with E-state index in [1.807, 2.05) is 56.3 Å². The van der Waals surface area contributed by atoms with Crippen LogP contribution < -0.4 is 10.6 Å². The van der Waals surface area contributed by atoms with Gasteiger partial charge >= 0.3 is 6.03 Å². The molecule has 2 N–H and O–H groups in total. The Bertz CT molecular complexity index is 1220. The zero-order valence-corrected chi connectivity index (χ0v) is 20.3. The Morgan fingerprint density at radius 2 is 1.77 bits per heavy atom. The molecule has 3 aliphatic rings. The van der Waals surface area contributed by atoms with Crippen LogP contribution in [0.25, 0.3) is 0 Å². The average Bonchev–Trinajstić information content (AvgIpc) is 3.42. The van der Waals surface area contributed by atoms with Crippen LogP contribution in [0.4, 0.5) is 10.5 Å². The minimum Gasteiger partial charge on any atom is -0.326 e. The monoisotopic (exact) mass is 474 g/mol. The summed E-state index contributed by atoms with van der Waals surface area (Å²) in [6, 6.07) is 14.7. The van der Waals surface area contributed by atoms with E-state index in [2.05, 4.69) is 10.6 Å². The SMILES string of the molecule is C[C@H](c1ccccc1)N(CC(=O)Nc1ccc2c(c1)C[C@@]1(C2)C(=O)NC(=O)N1C)C(=O)C1(C)CC1. The first-order chi connectivity index (χ1) is 16.6. The maximum atomic E-state index is 13.3. The molecule has 8 nitrogen and oxygen atoms in total. The standard InChI is InChI=1S/C27H30N4O4/c1-17(18-7-5-4-6-8-18)31(24(34)26(2)11-12-26)16-22(32)28-21-10-9-19-14-27(15-20(19)13-21)23(33)29-25(35)30(27)3/h4-10,13,17H,11-12,14-16H2,1-3H3,(H,28,32)(H,29,33,35)/t17-,27+/m1/s1. The van der Waals surface area contributed by atoms with Gasteiger partial charge in [0.05, 0.1) is 6.04 Å². The normalized spacial score (nSPS) is 22.5. The van der Waals surface area contributed by atoms with Gasteiger partial charge in [0.1, 0.15) is 12.1 Å². The summed E-state index contributed by atoms with van der Waals surface area (Å²) in [5.74, 6) is -0.562. The number of fused-ring (bicyclic) bond motifs is 1. The molecular formula is C27H30N4O4. The second-order valence-electron chi connectivity index (χ2n) is 10.3.